The second kappa shape index (κ2) is 8.53. The van der Waals surface area contributed by atoms with Crippen LogP contribution in [0.2, 0.25) is 5.02 Å². The molecule has 3 aromatic rings. The van der Waals surface area contributed by atoms with Crippen molar-refractivity contribution >= 4 is 29.0 Å². The van der Waals surface area contributed by atoms with Gasteiger partial charge in [-0.15, -0.1) is 0 Å². The average molecular weight is 401 g/mol. The van der Waals surface area contributed by atoms with E-state index < -0.39 is 10.8 Å². The second-order valence-electron chi connectivity index (χ2n) is 6.03. The van der Waals surface area contributed by atoms with E-state index >= 15 is 0 Å². The topological polar surface area (TPSA) is 99.3 Å². The highest BCUT2D eigenvalue weighted by molar-refractivity contribution is 6.31. The Labute approximate surface area is 165 Å². The Morgan fingerprint density at radius 3 is 2.82 bits per heavy atom. The molecule has 0 aliphatic carbocycles. The summed E-state index contributed by atoms with van der Waals surface area (Å²) in [6.07, 6.45) is 1.55. The van der Waals surface area contributed by atoms with Crippen LogP contribution in [0.1, 0.15) is 11.1 Å². The van der Waals surface area contributed by atoms with Gasteiger partial charge in [-0.05, 0) is 30.2 Å². The van der Waals surface area contributed by atoms with Gasteiger partial charge in [0.25, 0.3) is 5.91 Å². The Hall–Kier alpha value is -3.39. The number of amides is 1. The molecular weight excluding hydrogens is 384 g/mol. The molecule has 1 heterocycles. The first-order valence-electron chi connectivity index (χ1n) is 8.37. The molecule has 0 aliphatic rings. The summed E-state index contributed by atoms with van der Waals surface area (Å²) >= 11 is 6.16. The summed E-state index contributed by atoms with van der Waals surface area (Å²) in [5, 5.41) is 18.6. The zero-order valence-corrected chi connectivity index (χ0v) is 15.7. The molecular formula is C19H17ClN4O4. The molecule has 0 aliphatic heterocycles. The van der Waals surface area contributed by atoms with Crippen molar-refractivity contribution in [3.63, 3.8) is 0 Å². The molecule has 0 fully saturated rings. The Kier molecular flexibility index (Phi) is 5.90. The summed E-state index contributed by atoms with van der Waals surface area (Å²) in [5.74, 6) is 0.0398. The Balaban J connectivity index is 1.65. The quantitative estimate of drug-likeness (QED) is 0.480. The average Bonchev–Trinajstić information content (AvgIpc) is 3.09. The van der Waals surface area contributed by atoms with Crippen molar-refractivity contribution in [3.8, 4) is 5.75 Å². The summed E-state index contributed by atoms with van der Waals surface area (Å²) < 4.78 is 6.93. The van der Waals surface area contributed by atoms with Crippen molar-refractivity contribution in [1.82, 2.24) is 9.78 Å². The number of hydrogen-bond acceptors (Lipinski definition) is 5. The van der Waals surface area contributed by atoms with E-state index in [2.05, 4.69) is 10.4 Å². The molecule has 0 bridgehead atoms. The Morgan fingerprint density at radius 1 is 1.29 bits per heavy atom. The van der Waals surface area contributed by atoms with Gasteiger partial charge in [0.1, 0.15) is 5.82 Å². The van der Waals surface area contributed by atoms with Crippen LogP contribution in [-0.4, -0.2) is 27.2 Å². The number of ether oxygens (including phenoxy) is 1. The third-order valence-corrected chi connectivity index (χ3v) is 4.30. The van der Waals surface area contributed by atoms with Crippen molar-refractivity contribution in [2.45, 2.75) is 13.5 Å². The largest absolute Gasteiger partial charge is 0.477 e. The van der Waals surface area contributed by atoms with E-state index in [-0.39, 0.29) is 18.0 Å². The number of hydrogen-bond donors (Lipinski definition) is 1. The smallest absolute Gasteiger partial charge is 0.311 e. The number of halogens is 1. The number of carbonyl (C=O) groups excluding carboxylic acids is 1. The molecule has 1 amide bonds. The highest BCUT2D eigenvalue weighted by Gasteiger charge is 2.17. The maximum absolute atomic E-state index is 12.2. The van der Waals surface area contributed by atoms with Crippen LogP contribution in [0.3, 0.4) is 0 Å². The number of aromatic nitrogens is 2. The van der Waals surface area contributed by atoms with Crippen molar-refractivity contribution in [2.75, 3.05) is 11.9 Å². The molecule has 0 saturated heterocycles. The standard InChI is InChI=1S/C19H17ClN4O4/c1-13-6-7-17(16(10-13)24(26)27)28-12-19(25)22-18-8-9-21-23(18)11-14-4-2-3-5-15(14)20/h2-10H,11-12H2,1H3,(H,22,25). The number of nitro groups is 1. The lowest BCUT2D eigenvalue weighted by molar-refractivity contribution is -0.385. The summed E-state index contributed by atoms with van der Waals surface area (Å²) in [5.41, 5.74) is 1.40. The van der Waals surface area contributed by atoms with Gasteiger partial charge in [-0.25, -0.2) is 4.68 Å². The number of benzene rings is 2. The monoisotopic (exact) mass is 400 g/mol. The minimum Gasteiger partial charge on any atom is -0.477 e. The molecule has 8 nitrogen and oxygen atoms in total. The molecule has 0 radical (unpaired) electrons. The number of nitro benzene ring substituents is 1. The molecule has 28 heavy (non-hydrogen) atoms. The van der Waals surface area contributed by atoms with Crippen molar-refractivity contribution in [2.24, 2.45) is 0 Å². The summed E-state index contributed by atoms with van der Waals surface area (Å²) in [6, 6.07) is 13.5. The zero-order chi connectivity index (χ0) is 20.1. The number of nitrogens with zero attached hydrogens (tertiary/aromatic N) is 3. The Morgan fingerprint density at radius 2 is 2.07 bits per heavy atom. The SMILES string of the molecule is Cc1ccc(OCC(=O)Nc2ccnn2Cc2ccccc2Cl)c([N+](=O)[O-])c1. The molecule has 0 atom stereocenters. The van der Waals surface area contributed by atoms with Gasteiger partial charge in [0, 0.05) is 17.2 Å². The van der Waals surface area contributed by atoms with Crippen molar-refractivity contribution in [3.05, 3.63) is 81.0 Å². The van der Waals surface area contributed by atoms with Crippen LogP contribution in [0.4, 0.5) is 11.5 Å². The summed E-state index contributed by atoms with van der Waals surface area (Å²) in [6.45, 7) is 1.75. The zero-order valence-electron chi connectivity index (χ0n) is 15.0. The van der Waals surface area contributed by atoms with Crippen LogP contribution in [0.15, 0.2) is 54.7 Å². The molecule has 9 heteroatoms. The predicted molar refractivity (Wildman–Crippen MR) is 105 cm³/mol. The highest BCUT2D eigenvalue weighted by atomic mass is 35.5. The third kappa shape index (κ3) is 4.66. The lowest BCUT2D eigenvalue weighted by Crippen LogP contribution is -2.22. The second-order valence-corrected chi connectivity index (χ2v) is 6.44. The van der Waals surface area contributed by atoms with Gasteiger partial charge in [0.2, 0.25) is 0 Å². The minimum absolute atomic E-state index is 0.0373. The first kappa shape index (κ1) is 19.4. The lowest BCUT2D eigenvalue weighted by atomic mass is 10.2. The number of aryl methyl sites for hydroxylation is 1. The first-order valence-corrected chi connectivity index (χ1v) is 8.75. The normalized spacial score (nSPS) is 10.5. The molecule has 144 valence electrons. The van der Waals surface area contributed by atoms with Gasteiger partial charge in [-0.2, -0.15) is 5.10 Å². The van der Waals surface area contributed by atoms with Gasteiger partial charge in [0.05, 0.1) is 17.7 Å². The van der Waals surface area contributed by atoms with E-state index in [9.17, 15) is 14.9 Å². The molecule has 1 aromatic heterocycles. The molecule has 2 aromatic carbocycles. The maximum Gasteiger partial charge on any atom is 0.311 e. The molecule has 0 saturated carbocycles. The summed E-state index contributed by atoms with van der Waals surface area (Å²) in [7, 11) is 0. The van der Waals surface area contributed by atoms with Crippen LogP contribution in [0.25, 0.3) is 0 Å². The Bertz CT molecular complexity index is 1020. The number of rotatable bonds is 7. The molecule has 3 rings (SSSR count). The highest BCUT2D eigenvalue weighted by Crippen LogP contribution is 2.27. The van der Waals surface area contributed by atoms with Crippen LogP contribution >= 0.6 is 11.6 Å². The van der Waals surface area contributed by atoms with Crippen LogP contribution in [-0.2, 0) is 11.3 Å². The van der Waals surface area contributed by atoms with E-state index in [4.69, 9.17) is 16.3 Å². The van der Waals surface area contributed by atoms with Gasteiger partial charge in [-0.1, -0.05) is 35.9 Å². The van der Waals surface area contributed by atoms with Gasteiger partial charge in [-0.3, -0.25) is 14.9 Å². The van der Waals surface area contributed by atoms with Gasteiger partial charge >= 0.3 is 5.69 Å². The minimum atomic E-state index is -0.543. The van der Waals surface area contributed by atoms with E-state index in [0.29, 0.717) is 17.4 Å². The van der Waals surface area contributed by atoms with Gasteiger partial charge in [0.15, 0.2) is 12.4 Å². The maximum atomic E-state index is 12.2. The van der Waals surface area contributed by atoms with Crippen LogP contribution in [0.5, 0.6) is 5.75 Å². The van der Waals surface area contributed by atoms with E-state index in [1.165, 1.54) is 12.1 Å². The van der Waals surface area contributed by atoms with Crippen molar-refractivity contribution < 1.29 is 14.5 Å². The fraction of sp³-hybridized carbons (Fsp3) is 0.158. The number of nitrogens with one attached hydrogen (secondary N) is 1. The van der Waals surface area contributed by atoms with E-state index in [1.54, 1.807) is 36.0 Å². The lowest BCUT2D eigenvalue weighted by Gasteiger charge is -2.11. The molecule has 0 unspecified atom stereocenters. The third-order valence-electron chi connectivity index (χ3n) is 3.93. The van der Waals surface area contributed by atoms with Crippen molar-refractivity contribution in [1.29, 1.82) is 0 Å². The molecule has 1 N–H and O–H groups in total. The van der Waals surface area contributed by atoms with Crippen LogP contribution in [0, 0.1) is 17.0 Å². The summed E-state index contributed by atoms with van der Waals surface area (Å²) in [4.78, 5) is 22.8. The fourth-order valence-corrected chi connectivity index (χ4v) is 2.76. The number of anilines is 1. The molecule has 0 spiro atoms. The number of carbonyl (C=O) groups is 1. The van der Waals surface area contributed by atoms with Crippen LogP contribution < -0.4 is 10.1 Å². The predicted octanol–water partition coefficient (Wildman–Crippen LogP) is 3.82. The van der Waals surface area contributed by atoms with Gasteiger partial charge < -0.3 is 10.1 Å². The van der Waals surface area contributed by atoms with E-state index in [1.807, 2.05) is 18.2 Å². The first-order chi connectivity index (χ1) is 13.4. The fourth-order valence-electron chi connectivity index (χ4n) is 2.57. The van der Waals surface area contributed by atoms with E-state index in [0.717, 1.165) is 11.1 Å².